The number of carbonyl (C=O) groups is 2. The van der Waals surface area contributed by atoms with E-state index in [0.29, 0.717) is 17.5 Å². The minimum atomic E-state index is -0.419. The molecule has 0 radical (unpaired) electrons. The number of rotatable bonds is 4. The maximum absolute atomic E-state index is 12.1. The fourth-order valence-electron chi connectivity index (χ4n) is 2.07. The van der Waals surface area contributed by atoms with E-state index < -0.39 is 6.04 Å². The lowest BCUT2D eigenvalue weighted by Crippen LogP contribution is -2.38. The van der Waals surface area contributed by atoms with E-state index in [0.717, 1.165) is 0 Å². The van der Waals surface area contributed by atoms with Gasteiger partial charge in [-0.1, -0.05) is 18.2 Å². The molecule has 90 valence electrons. The highest BCUT2D eigenvalue weighted by Gasteiger charge is 2.38. The van der Waals surface area contributed by atoms with Gasteiger partial charge in [0.15, 0.2) is 0 Å². The first-order chi connectivity index (χ1) is 8.70. The van der Waals surface area contributed by atoms with Crippen molar-refractivity contribution in [2.45, 2.75) is 18.9 Å². The zero-order valence-corrected chi connectivity index (χ0v) is 9.80. The van der Waals surface area contributed by atoms with Crippen LogP contribution in [0.2, 0.25) is 0 Å². The van der Waals surface area contributed by atoms with Gasteiger partial charge in [0.2, 0.25) is 0 Å². The second-order valence-electron chi connectivity index (χ2n) is 4.03. The Hall–Kier alpha value is -2.41. The van der Waals surface area contributed by atoms with E-state index in [1.807, 2.05) is 6.07 Å². The van der Waals surface area contributed by atoms with E-state index in [-0.39, 0.29) is 18.2 Å². The van der Waals surface area contributed by atoms with Crippen molar-refractivity contribution < 1.29 is 9.59 Å². The Morgan fingerprint density at radius 1 is 1.28 bits per heavy atom. The van der Waals surface area contributed by atoms with E-state index in [4.69, 9.17) is 5.26 Å². The molecule has 1 atom stereocenters. The van der Waals surface area contributed by atoms with Gasteiger partial charge >= 0.3 is 0 Å². The number of benzene rings is 1. The number of nitrogens with zero attached hydrogens (tertiary/aromatic N) is 2. The topological polar surface area (TPSA) is 61.2 Å². The Labute approximate surface area is 105 Å². The highest BCUT2D eigenvalue weighted by Crippen LogP contribution is 2.26. The van der Waals surface area contributed by atoms with Crippen LogP contribution in [0.25, 0.3) is 0 Å². The van der Waals surface area contributed by atoms with Crippen LogP contribution in [0.4, 0.5) is 0 Å². The summed E-state index contributed by atoms with van der Waals surface area (Å²) in [7, 11) is 0. The summed E-state index contributed by atoms with van der Waals surface area (Å²) in [5, 5.41) is 8.59. The van der Waals surface area contributed by atoms with Crippen LogP contribution >= 0.6 is 0 Å². The predicted octanol–water partition coefficient (Wildman–Crippen LogP) is 2.14. The summed E-state index contributed by atoms with van der Waals surface area (Å²) in [5.41, 5.74) is 0.845. The first kappa shape index (κ1) is 12.1. The van der Waals surface area contributed by atoms with E-state index >= 15 is 0 Å². The van der Waals surface area contributed by atoms with Crippen LogP contribution < -0.4 is 0 Å². The molecule has 1 unspecified atom stereocenters. The largest absolute Gasteiger partial charge is 0.269 e. The number of amides is 2. The first-order valence-corrected chi connectivity index (χ1v) is 5.67. The molecule has 0 aliphatic carbocycles. The average Bonchev–Trinajstić information content (AvgIpc) is 2.65. The molecule has 1 aliphatic heterocycles. The van der Waals surface area contributed by atoms with E-state index in [2.05, 4.69) is 6.58 Å². The zero-order chi connectivity index (χ0) is 13.1. The number of hydrogen-bond donors (Lipinski definition) is 0. The molecule has 0 saturated heterocycles. The Kier molecular flexibility index (Phi) is 3.24. The molecule has 0 bridgehead atoms. The van der Waals surface area contributed by atoms with Crippen LogP contribution in [0.1, 0.15) is 33.6 Å². The average molecular weight is 240 g/mol. The highest BCUT2D eigenvalue weighted by molar-refractivity contribution is 6.21. The zero-order valence-electron chi connectivity index (χ0n) is 9.80. The van der Waals surface area contributed by atoms with Gasteiger partial charge in [0.25, 0.3) is 11.8 Å². The third-order valence-corrected chi connectivity index (χ3v) is 2.98. The summed E-state index contributed by atoms with van der Waals surface area (Å²) < 4.78 is 0. The summed E-state index contributed by atoms with van der Waals surface area (Å²) in [5.74, 6) is -0.614. The molecule has 2 rings (SSSR count). The molecule has 0 aromatic heterocycles. The minimum absolute atomic E-state index is 0.282. The quantitative estimate of drug-likeness (QED) is 0.598. The Morgan fingerprint density at radius 2 is 1.83 bits per heavy atom. The molecule has 0 N–H and O–H groups in total. The van der Waals surface area contributed by atoms with Crippen LogP contribution in [-0.4, -0.2) is 22.8 Å². The molecule has 1 aromatic carbocycles. The molecule has 1 aromatic rings. The van der Waals surface area contributed by atoms with Gasteiger partial charge < -0.3 is 0 Å². The van der Waals surface area contributed by atoms with E-state index in [1.54, 1.807) is 30.3 Å². The molecule has 0 saturated carbocycles. The predicted molar refractivity (Wildman–Crippen MR) is 65.8 cm³/mol. The van der Waals surface area contributed by atoms with Gasteiger partial charge in [-0.15, -0.1) is 6.58 Å². The maximum Gasteiger partial charge on any atom is 0.262 e. The van der Waals surface area contributed by atoms with Crippen molar-refractivity contribution in [2.24, 2.45) is 0 Å². The van der Waals surface area contributed by atoms with Crippen molar-refractivity contribution in [3.63, 3.8) is 0 Å². The standard InChI is InChI=1S/C14H12N2O2/c1-2-10(6-5-9-15)16-13(17)11-7-3-4-8-12(11)14(16)18/h2-4,7-8,10H,1,5-6H2. The number of nitriles is 1. The second-order valence-corrected chi connectivity index (χ2v) is 4.03. The molecule has 4 nitrogen and oxygen atoms in total. The Balaban J connectivity index is 2.33. The summed E-state index contributed by atoms with van der Waals surface area (Å²) in [6.07, 6.45) is 2.24. The van der Waals surface area contributed by atoms with Gasteiger partial charge in [-0.25, -0.2) is 0 Å². The molecular formula is C14H12N2O2. The lowest BCUT2D eigenvalue weighted by atomic mass is 10.1. The normalized spacial score (nSPS) is 15.2. The van der Waals surface area contributed by atoms with Crippen molar-refractivity contribution in [3.05, 3.63) is 48.0 Å². The van der Waals surface area contributed by atoms with Crippen LogP contribution in [0, 0.1) is 11.3 Å². The number of hydrogen-bond acceptors (Lipinski definition) is 3. The van der Waals surface area contributed by atoms with E-state index in [9.17, 15) is 9.59 Å². The van der Waals surface area contributed by atoms with Gasteiger partial charge in [0.05, 0.1) is 23.2 Å². The first-order valence-electron chi connectivity index (χ1n) is 5.67. The number of fused-ring (bicyclic) bond motifs is 1. The van der Waals surface area contributed by atoms with Crippen LogP contribution in [0.3, 0.4) is 0 Å². The lowest BCUT2D eigenvalue weighted by molar-refractivity contribution is 0.0610. The van der Waals surface area contributed by atoms with Crippen LogP contribution in [-0.2, 0) is 0 Å². The van der Waals surface area contributed by atoms with Crippen molar-refractivity contribution in [2.75, 3.05) is 0 Å². The summed E-state index contributed by atoms with van der Waals surface area (Å²) in [6, 6.07) is 8.32. The molecule has 4 heteroatoms. The summed E-state index contributed by atoms with van der Waals surface area (Å²) >= 11 is 0. The van der Waals surface area contributed by atoms with Gasteiger partial charge in [-0.2, -0.15) is 5.26 Å². The molecular weight excluding hydrogens is 228 g/mol. The van der Waals surface area contributed by atoms with Gasteiger partial charge in [0.1, 0.15) is 0 Å². The third kappa shape index (κ3) is 1.80. The van der Waals surface area contributed by atoms with Crippen molar-refractivity contribution in [1.82, 2.24) is 4.90 Å². The third-order valence-electron chi connectivity index (χ3n) is 2.98. The Bertz CT molecular complexity index is 522. The fraction of sp³-hybridized carbons (Fsp3) is 0.214. The monoisotopic (exact) mass is 240 g/mol. The molecule has 1 heterocycles. The smallest absolute Gasteiger partial charge is 0.262 e. The van der Waals surface area contributed by atoms with E-state index in [1.165, 1.54) is 4.90 Å². The van der Waals surface area contributed by atoms with Gasteiger partial charge in [-0.3, -0.25) is 14.5 Å². The molecule has 2 amide bonds. The molecule has 0 spiro atoms. The van der Waals surface area contributed by atoms with Crippen LogP contribution in [0.15, 0.2) is 36.9 Å². The van der Waals surface area contributed by atoms with Crippen LogP contribution in [0.5, 0.6) is 0 Å². The van der Waals surface area contributed by atoms with Crippen molar-refractivity contribution in [1.29, 1.82) is 5.26 Å². The molecule has 1 aliphatic rings. The number of carbonyl (C=O) groups excluding carboxylic acids is 2. The molecule has 0 fully saturated rings. The van der Waals surface area contributed by atoms with Gasteiger partial charge in [0, 0.05) is 6.42 Å². The SMILES string of the molecule is C=CC(CCC#N)N1C(=O)c2ccccc2C1=O. The van der Waals surface area contributed by atoms with Gasteiger partial charge in [-0.05, 0) is 18.6 Å². The highest BCUT2D eigenvalue weighted by atomic mass is 16.2. The maximum atomic E-state index is 12.1. The lowest BCUT2D eigenvalue weighted by Gasteiger charge is -2.22. The Morgan fingerprint density at radius 3 is 2.28 bits per heavy atom. The second kappa shape index (κ2) is 4.84. The van der Waals surface area contributed by atoms with Crippen molar-refractivity contribution in [3.8, 4) is 6.07 Å². The van der Waals surface area contributed by atoms with Crippen molar-refractivity contribution >= 4 is 11.8 Å². The summed E-state index contributed by atoms with van der Waals surface area (Å²) in [6.45, 7) is 3.63. The summed E-state index contributed by atoms with van der Waals surface area (Å²) in [4.78, 5) is 25.5. The minimum Gasteiger partial charge on any atom is -0.269 e. The number of imide groups is 1. The molecule has 18 heavy (non-hydrogen) atoms. The fourth-order valence-corrected chi connectivity index (χ4v) is 2.07.